The van der Waals surface area contributed by atoms with Crippen molar-refractivity contribution in [1.29, 1.82) is 0 Å². The Morgan fingerprint density at radius 1 is 0.435 bits per heavy atom. The number of quaternary nitrogens is 2. The molecule has 0 spiro atoms. The molecule has 1 atom stereocenters. The van der Waals surface area contributed by atoms with Crippen molar-refractivity contribution in [2.75, 3.05) is 100 Å². The van der Waals surface area contributed by atoms with Crippen molar-refractivity contribution in [1.82, 2.24) is 0 Å². The van der Waals surface area contributed by atoms with Gasteiger partial charge in [0.15, 0.2) is 0 Å². The molecule has 0 bridgehead atoms. The molecule has 0 aliphatic heterocycles. The average Bonchev–Trinajstić information content (AvgIpc) is 1.77. The van der Waals surface area contributed by atoms with Gasteiger partial charge in [0.25, 0.3) is 0 Å². The van der Waals surface area contributed by atoms with Crippen LogP contribution in [0, 0.1) is 11.8 Å². The molecule has 21 heteroatoms. The van der Waals surface area contributed by atoms with Crippen LogP contribution in [0.2, 0.25) is 187 Å². The summed E-state index contributed by atoms with van der Waals surface area (Å²) in [5, 5.41) is 23.6. The Morgan fingerprint density at radius 2 is 0.748 bits per heavy atom. The van der Waals surface area contributed by atoms with Gasteiger partial charge in [0.2, 0.25) is 0 Å². The number of rotatable bonds is 52. The van der Waals surface area contributed by atoms with E-state index in [2.05, 4.69) is 281 Å². The standard InChI is InChI=1S/C21H46Si.C14H16Si.C12H27NO2Si.C11H27NO3SSi.C10H24O2Si.C10H22OSi.C9H14Si.C7H16O2Si/c1-5-6-7-8-9-10-11-12-13-14-15-16-17-18-19-20-21-22(2,3)4;1-15(2,13-9-5-3-6-10-13)14-11-7-4-8-12-14;1-13(2,9-6-8-12(14)15)10-7-11-16(3,4)5;1-12(2,8-6-10-16(13,14)15)9-7-11-17(3,4)5;1-10(8-11)9-12-6-5-7-13(2,3)4;1-12(2,3)8-4-7-11-9-10-5-6-10;1-10(2,3)9-7-5-4-6-8-9;1-9-7(8)5-6-10(2,3)4/h5-21H2,1-4H3;3-12H,1-2H3;6-11H2,1-5H3;6-11H2,1-5H3;10-11H,5-9H2,1-4H3;10H,4-9H2,1-3H3;4-8H,1-3H3;5-6H2,1-4H3. The number of methoxy groups -OCH3 is 1. The Balaban J connectivity index is -0.000000619. The molecule has 0 saturated heterocycles. The van der Waals surface area contributed by atoms with Crippen molar-refractivity contribution < 1.29 is 55.9 Å². The van der Waals surface area contributed by atoms with Gasteiger partial charge in [-0.05, 0) is 56.9 Å². The zero-order chi connectivity index (χ0) is 89.0. The number of aliphatic hydroxyl groups is 1. The normalized spacial score (nSPS) is 13.1. The molecule has 1 aliphatic rings. The number of hydrogen-bond acceptors (Lipinski definition) is 10. The molecular formula is C94H192N2O10SSi8. The number of carbonyl (C=O) groups is 2. The van der Waals surface area contributed by atoms with E-state index in [1.165, 1.54) is 194 Å². The van der Waals surface area contributed by atoms with E-state index in [0.717, 1.165) is 73.3 Å². The van der Waals surface area contributed by atoms with Crippen LogP contribution < -0.4 is 20.7 Å². The number of unbranched alkanes of at least 4 members (excludes halogenated alkanes) is 15. The van der Waals surface area contributed by atoms with Crippen LogP contribution in [-0.4, -0.2) is 204 Å². The maximum Gasteiger partial charge on any atom is 0.305 e. The van der Waals surface area contributed by atoms with E-state index >= 15 is 0 Å². The summed E-state index contributed by atoms with van der Waals surface area (Å²) in [4.78, 5) is 21.0. The lowest BCUT2D eigenvalue weighted by Gasteiger charge is -2.31. The predicted octanol–water partition coefficient (Wildman–Crippen LogP) is 23.8. The van der Waals surface area contributed by atoms with Crippen LogP contribution in [0.1, 0.15) is 181 Å². The van der Waals surface area contributed by atoms with Crippen molar-refractivity contribution in [3.8, 4) is 0 Å². The number of esters is 1. The Kier molecular flexibility index (Phi) is 68.2. The molecule has 12 nitrogen and oxygen atoms in total. The molecule has 0 heterocycles. The fourth-order valence-corrected chi connectivity index (χ4v) is 23.7. The first kappa shape index (κ1) is 119. The average molecular weight is 1770 g/mol. The highest BCUT2D eigenvalue weighted by molar-refractivity contribution is 7.85. The number of aliphatic carboxylic acids is 1. The van der Waals surface area contributed by atoms with Crippen LogP contribution in [0.25, 0.3) is 0 Å². The molecule has 1 fully saturated rings. The highest BCUT2D eigenvalue weighted by Crippen LogP contribution is 2.29. The first-order chi connectivity index (χ1) is 52.9. The molecule has 1 N–H and O–H groups in total. The second-order valence-corrected chi connectivity index (χ2v) is 88.4. The molecule has 3 aromatic rings. The van der Waals surface area contributed by atoms with Crippen molar-refractivity contribution in [3.63, 3.8) is 0 Å². The van der Waals surface area contributed by atoms with Crippen LogP contribution in [-0.2, 0) is 33.9 Å². The SMILES string of the molecule is CC(CO)COCCC[Si](C)(C)C.CCCCCCCCCCCCCCCCCC[Si](C)(C)C.COC(=O)CC[Si](C)(C)C.C[N+](C)(CCCC(=O)[O-])CCC[Si](C)(C)C.C[N+](C)(CCC[Si](C)(C)C)CCCS(=O)(=O)[O-].C[Si](C)(C)CCCOCC1CC1.C[Si](C)(C)c1ccccc1.C[Si](C)(c1ccccc1)c1ccccc1. The number of carboxylic acid groups (broad SMARTS) is 1. The van der Waals surface area contributed by atoms with Crippen molar-refractivity contribution in [3.05, 3.63) is 91.0 Å². The summed E-state index contributed by atoms with van der Waals surface area (Å²) in [5.41, 5.74) is 0. The van der Waals surface area contributed by atoms with Crippen LogP contribution >= 0.6 is 0 Å². The van der Waals surface area contributed by atoms with Crippen molar-refractivity contribution in [2.24, 2.45) is 11.8 Å². The second kappa shape index (κ2) is 65.7. The lowest BCUT2D eigenvalue weighted by Crippen LogP contribution is -2.52. The lowest BCUT2D eigenvalue weighted by atomic mass is 10.0. The lowest BCUT2D eigenvalue weighted by molar-refractivity contribution is -0.890. The van der Waals surface area contributed by atoms with Gasteiger partial charge in [-0.3, -0.25) is 4.79 Å². The van der Waals surface area contributed by atoms with Crippen molar-refractivity contribution >= 4 is 102 Å². The summed E-state index contributed by atoms with van der Waals surface area (Å²) in [6.45, 7) is 66.8. The van der Waals surface area contributed by atoms with Crippen LogP contribution in [0.15, 0.2) is 91.0 Å². The van der Waals surface area contributed by atoms with Crippen LogP contribution in [0.4, 0.5) is 0 Å². The highest BCUT2D eigenvalue weighted by Gasteiger charge is 2.26. The second-order valence-electron chi connectivity index (χ2n) is 43.6. The molecule has 0 amide bonds. The monoisotopic (exact) mass is 1770 g/mol. The third-order valence-corrected chi connectivity index (χ3v) is 38.0. The van der Waals surface area contributed by atoms with Crippen LogP contribution in [0.3, 0.4) is 0 Å². The molecule has 1 aliphatic carbocycles. The van der Waals surface area contributed by atoms with Gasteiger partial charge in [0.05, 0.1) is 86.3 Å². The Hall–Kier alpha value is -1.95. The number of carboxylic acids is 1. The van der Waals surface area contributed by atoms with E-state index in [-0.39, 0.29) is 30.7 Å². The van der Waals surface area contributed by atoms with E-state index in [1.807, 2.05) is 6.92 Å². The smallest absolute Gasteiger partial charge is 0.305 e. The Morgan fingerprint density at radius 3 is 1.05 bits per heavy atom. The predicted molar refractivity (Wildman–Crippen MR) is 530 cm³/mol. The van der Waals surface area contributed by atoms with E-state index in [0.29, 0.717) is 19.4 Å². The number of aliphatic hydroxyl groups excluding tert-OH is 1. The molecule has 0 aromatic heterocycles. The molecular weight excluding hydrogens is 1570 g/mol. The number of ether oxygens (including phenoxy) is 3. The molecule has 676 valence electrons. The van der Waals surface area contributed by atoms with Gasteiger partial charge in [-0.15, -0.1) is 0 Å². The Bertz CT molecular complexity index is 2820. The summed E-state index contributed by atoms with van der Waals surface area (Å²) in [7, 11) is -1.90. The van der Waals surface area contributed by atoms with E-state index in [9.17, 15) is 27.7 Å². The first-order valence-electron chi connectivity index (χ1n) is 45.7. The van der Waals surface area contributed by atoms with Gasteiger partial charge in [0.1, 0.15) is 8.07 Å². The van der Waals surface area contributed by atoms with Gasteiger partial charge in [-0.25, -0.2) is 8.42 Å². The maximum atomic E-state index is 10.7. The van der Waals surface area contributed by atoms with E-state index < -0.39 is 80.7 Å². The fraction of sp³-hybridized carbons (Fsp3) is 0.787. The van der Waals surface area contributed by atoms with E-state index in [4.69, 9.17) is 14.6 Å². The first-order valence-corrected chi connectivity index (χ1v) is 76.0. The van der Waals surface area contributed by atoms with E-state index in [1.54, 1.807) is 0 Å². The molecule has 1 unspecified atom stereocenters. The van der Waals surface area contributed by atoms with Gasteiger partial charge < -0.3 is 42.7 Å². The summed E-state index contributed by atoms with van der Waals surface area (Å²) < 4.78 is 48.8. The van der Waals surface area contributed by atoms with Gasteiger partial charge in [0, 0.05) is 112 Å². The van der Waals surface area contributed by atoms with Gasteiger partial charge in [-0.1, -0.05) is 404 Å². The highest BCUT2D eigenvalue weighted by atomic mass is 32.2. The zero-order valence-electron chi connectivity index (χ0n) is 81.4. The minimum absolute atomic E-state index is 0.0811. The van der Waals surface area contributed by atoms with Gasteiger partial charge in [-0.2, -0.15) is 0 Å². The summed E-state index contributed by atoms with van der Waals surface area (Å²) in [6.07, 6.45) is 33.3. The molecule has 1 saturated carbocycles. The third-order valence-electron chi connectivity index (χ3n) is 20.6. The summed E-state index contributed by atoms with van der Waals surface area (Å²) in [6, 6.07) is 40.4. The fourth-order valence-electron chi connectivity index (χ4n) is 12.5. The number of benzene rings is 3. The number of carbonyl (C=O) groups excluding carboxylic acids is 2. The molecule has 3 aromatic carbocycles. The third kappa shape index (κ3) is 92.6. The minimum atomic E-state index is -4.04. The molecule has 115 heavy (non-hydrogen) atoms. The minimum Gasteiger partial charge on any atom is -0.748 e. The summed E-state index contributed by atoms with van der Waals surface area (Å²) in [5.74, 6) is -0.0313. The topological polar surface area (TPSA) is 162 Å². The zero-order valence-corrected chi connectivity index (χ0v) is 90.3. The quantitative estimate of drug-likeness (QED) is 0.0189. The van der Waals surface area contributed by atoms with Crippen molar-refractivity contribution in [2.45, 2.75) is 368 Å². The largest absolute Gasteiger partial charge is 0.748 e. The van der Waals surface area contributed by atoms with Crippen LogP contribution in [0.5, 0.6) is 0 Å². The van der Waals surface area contributed by atoms with Gasteiger partial charge >= 0.3 is 5.97 Å². The summed E-state index contributed by atoms with van der Waals surface area (Å²) >= 11 is 0. The maximum absolute atomic E-state index is 10.7. The molecule has 4 rings (SSSR count). The number of hydrogen-bond donors (Lipinski definition) is 1. The Labute approximate surface area is 723 Å². The number of nitrogens with zero attached hydrogens (tertiary/aromatic N) is 2. The molecule has 0 radical (unpaired) electrons.